The second kappa shape index (κ2) is 6.34. The van der Waals surface area contributed by atoms with E-state index in [2.05, 4.69) is 10.1 Å². The third-order valence-corrected chi connectivity index (χ3v) is 4.13. The molecule has 1 heterocycles. The van der Waals surface area contributed by atoms with Crippen LogP contribution in [0.25, 0.3) is 0 Å². The van der Waals surface area contributed by atoms with Crippen molar-refractivity contribution in [2.45, 2.75) is 36.2 Å². The van der Waals surface area contributed by atoms with Crippen molar-refractivity contribution in [3.05, 3.63) is 41.4 Å². The Labute approximate surface area is 126 Å². The summed E-state index contributed by atoms with van der Waals surface area (Å²) in [6, 6.07) is 3.43. The smallest absolute Gasteiger partial charge is 0.133 e. The van der Waals surface area contributed by atoms with Gasteiger partial charge < -0.3 is 4.57 Å². The third kappa shape index (κ3) is 3.47. The molecule has 0 aliphatic carbocycles. The average molecular weight is 310 g/mol. The predicted octanol–water partition coefficient (Wildman–Crippen LogP) is 4.50. The molecular weight excluding hydrogens is 294 g/mol. The van der Waals surface area contributed by atoms with Crippen LogP contribution in [-0.2, 0) is 13.6 Å². The maximum atomic E-state index is 13.3. The number of aromatic nitrogens is 2. The molecule has 1 aromatic heterocycles. The SMILES string of the molecule is CC(C)c1nc(CN=N)n(C)c1Sc1cc(F)cc(F)c1. The van der Waals surface area contributed by atoms with E-state index in [0.717, 1.165) is 16.8 Å². The summed E-state index contributed by atoms with van der Waals surface area (Å²) in [5.41, 5.74) is 7.81. The van der Waals surface area contributed by atoms with Crippen LogP contribution in [-0.4, -0.2) is 9.55 Å². The monoisotopic (exact) mass is 310 g/mol. The molecule has 0 spiro atoms. The molecule has 1 N–H and O–H groups in total. The molecule has 0 aliphatic rings. The second-order valence-corrected chi connectivity index (χ2v) is 6.02. The van der Waals surface area contributed by atoms with E-state index in [1.54, 1.807) is 0 Å². The minimum Gasteiger partial charge on any atom is -0.324 e. The standard InChI is InChI=1S/C14H16F2N4S/c1-8(2)13-14(20(3)12(19-13)7-18-17)21-11-5-9(15)4-10(16)6-11/h4-6,8,17H,7H2,1-3H3. The third-order valence-electron chi connectivity index (χ3n) is 2.98. The average Bonchev–Trinajstić information content (AvgIpc) is 2.67. The number of benzene rings is 1. The molecule has 0 saturated heterocycles. The van der Waals surface area contributed by atoms with E-state index in [1.807, 2.05) is 25.5 Å². The zero-order valence-electron chi connectivity index (χ0n) is 12.0. The van der Waals surface area contributed by atoms with Crippen molar-refractivity contribution in [3.8, 4) is 0 Å². The Balaban J connectivity index is 2.44. The van der Waals surface area contributed by atoms with Gasteiger partial charge in [-0.1, -0.05) is 25.6 Å². The van der Waals surface area contributed by atoms with Crippen molar-refractivity contribution in [2.24, 2.45) is 12.2 Å². The number of rotatable bonds is 5. The van der Waals surface area contributed by atoms with Crippen LogP contribution in [0.1, 0.15) is 31.3 Å². The summed E-state index contributed by atoms with van der Waals surface area (Å²) in [6.45, 7) is 4.19. The van der Waals surface area contributed by atoms with E-state index >= 15 is 0 Å². The van der Waals surface area contributed by atoms with Gasteiger partial charge in [0.15, 0.2) is 0 Å². The summed E-state index contributed by atoms with van der Waals surface area (Å²) >= 11 is 1.26. The topological polar surface area (TPSA) is 54.0 Å². The summed E-state index contributed by atoms with van der Waals surface area (Å²) in [5.74, 6) is -0.385. The lowest BCUT2D eigenvalue weighted by molar-refractivity contribution is 0.577. The number of halogens is 2. The van der Waals surface area contributed by atoms with Crippen LogP contribution < -0.4 is 0 Å². The highest BCUT2D eigenvalue weighted by molar-refractivity contribution is 7.99. The van der Waals surface area contributed by atoms with Crippen LogP contribution in [0.2, 0.25) is 0 Å². The zero-order valence-corrected chi connectivity index (χ0v) is 12.8. The van der Waals surface area contributed by atoms with Gasteiger partial charge in [-0.3, -0.25) is 0 Å². The maximum Gasteiger partial charge on any atom is 0.133 e. The van der Waals surface area contributed by atoms with Gasteiger partial charge in [0, 0.05) is 18.0 Å². The van der Waals surface area contributed by atoms with Crippen molar-refractivity contribution >= 4 is 11.8 Å². The lowest BCUT2D eigenvalue weighted by atomic mass is 10.2. The Morgan fingerprint density at radius 2 is 1.90 bits per heavy atom. The molecule has 4 nitrogen and oxygen atoms in total. The minimum absolute atomic E-state index is 0.164. The first-order valence-corrected chi connectivity index (χ1v) is 7.26. The van der Waals surface area contributed by atoms with Crippen molar-refractivity contribution in [1.82, 2.24) is 9.55 Å². The molecule has 7 heteroatoms. The lowest BCUT2D eigenvalue weighted by Crippen LogP contribution is -1.98. The van der Waals surface area contributed by atoms with E-state index in [4.69, 9.17) is 5.53 Å². The molecule has 21 heavy (non-hydrogen) atoms. The van der Waals surface area contributed by atoms with Crippen LogP contribution in [0, 0.1) is 17.2 Å². The van der Waals surface area contributed by atoms with Gasteiger partial charge >= 0.3 is 0 Å². The van der Waals surface area contributed by atoms with E-state index in [1.165, 1.54) is 23.9 Å². The van der Waals surface area contributed by atoms with E-state index in [0.29, 0.717) is 10.7 Å². The minimum atomic E-state index is -0.604. The highest BCUT2D eigenvalue weighted by Crippen LogP contribution is 2.35. The van der Waals surface area contributed by atoms with Crippen molar-refractivity contribution in [3.63, 3.8) is 0 Å². The van der Waals surface area contributed by atoms with E-state index in [-0.39, 0.29) is 12.5 Å². The van der Waals surface area contributed by atoms with Crippen LogP contribution in [0.3, 0.4) is 0 Å². The second-order valence-electron chi connectivity index (χ2n) is 4.96. The van der Waals surface area contributed by atoms with Crippen molar-refractivity contribution < 1.29 is 8.78 Å². The van der Waals surface area contributed by atoms with Gasteiger partial charge in [-0.25, -0.2) is 19.3 Å². The fraction of sp³-hybridized carbons (Fsp3) is 0.357. The molecule has 2 aromatic rings. The Bertz CT molecular complexity index is 647. The van der Waals surface area contributed by atoms with Crippen LogP contribution in [0.4, 0.5) is 8.78 Å². The van der Waals surface area contributed by atoms with Gasteiger partial charge in [-0.2, -0.15) is 5.11 Å². The first-order chi connectivity index (χ1) is 9.92. The molecule has 1 aromatic carbocycles. The Morgan fingerprint density at radius 1 is 1.29 bits per heavy atom. The molecule has 0 amide bonds. The molecule has 0 radical (unpaired) electrons. The first-order valence-electron chi connectivity index (χ1n) is 6.45. The summed E-state index contributed by atoms with van der Waals surface area (Å²) in [6.07, 6.45) is 0. The largest absolute Gasteiger partial charge is 0.324 e. The summed E-state index contributed by atoms with van der Waals surface area (Å²) in [7, 11) is 1.82. The number of hydrogen-bond donors (Lipinski definition) is 1. The van der Waals surface area contributed by atoms with E-state index < -0.39 is 11.6 Å². The normalized spacial score (nSPS) is 11.1. The Morgan fingerprint density at radius 3 is 2.43 bits per heavy atom. The van der Waals surface area contributed by atoms with Gasteiger partial charge in [0.1, 0.15) is 29.0 Å². The molecule has 0 saturated carbocycles. The molecule has 0 fully saturated rings. The van der Waals surface area contributed by atoms with Gasteiger partial charge in [0.2, 0.25) is 0 Å². The first kappa shape index (κ1) is 15.6. The highest BCUT2D eigenvalue weighted by atomic mass is 32.2. The van der Waals surface area contributed by atoms with Crippen molar-refractivity contribution in [2.75, 3.05) is 0 Å². The predicted molar refractivity (Wildman–Crippen MR) is 76.6 cm³/mol. The number of imidazole rings is 1. The quantitative estimate of drug-likeness (QED) is 0.826. The molecule has 0 bridgehead atoms. The molecule has 2 rings (SSSR count). The van der Waals surface area contributed by atoms with Crippen LogP contribution >= 0.6 is 11.8 Å². The Kier molecular flexibility index (Phi) is 4.72. The van der Waals surface area contributed by atoms with Crippen LogP contribution in [0.5, 0.6) is 0 Å². The van der Waals surface area contributed by atoms with Crippen LogP contribution in [0.15, 0.2) is 33.2 Å². The molecule has 112 valence electrons. The van der Waals surface area contributed by atoms with Crippen molar-refractivity contribution in [1.29, 1.82) is 5.53 Å². The summed E-state index contributed by atoms with van der Waals surface area (Å²) < 4.78 is 28.4. The number of nitrogens with one attached hydrogen (secondary N) is 1. The maximum absolute atomic E-state index is 13.3. The van der Waals surface area contributed by atoms with E-state index in [9.17, 15) is 8.78 Å². The molecule has 0 aliphatic heterocycles. The summed E-state index contributed by atoms with van der Waals surface area (Å²) in [4.78, 5) is 4.96. The summed E-state index contributed by atoms with van der Waals surface area (Å²) in [5, 5.41) is 4.17. The fourth-order valence-electron chi connectivity index (χ4n) is 1.96. The zero-order chi connectivity index (χ0) is 15.6. The van der Waals surface area contributed by atoms with Gasteiger partial charge in [0.05, 0.1) is 5.69 Å². The molecule has 0 unspecified atom stereocenters. The molecular formula is C14H16F2N4S. The number of nitrogens with zero attached hydrogens (tertiary/aromatic N) is 3. The highest BCUT2D eigenvalue weighted by Gasteiger charge is 2.18. The fourth-order valence-corrected chi connectivity index (χ4v) is 3.15. The lowest BCUT2D eigenvalue weighted by Gasteiger charge is -2.08. The van der Waals surface area contributed by atoms with Gasteiger partial charge in [-0.15, -0.1) is 0 Å². The Hall–Kier alpha value is -1.76. The number of hydrogen-bond acceptors (Lipinski definition) is 4. The van der Waals surface area contributed by atoms with Gasteiger partial charge in [0.25, 0.3) is 0 Å². The van der Waals surface area contributed by atoms with Gasteiger partial charge in [-0.05, 0) is 18.1 Å². The molecule has 0 atom stereocenters.